The number of nitrogens with zero attached hydrogens (tertiary/aromatic N) is 1. The zero-order valence-electron chi connectivity index (χ0n) is 14.5. The summed E-state index contributed by atoms with van der Waals surface area (Å²) in [5.41, 5.74) is 0. The molecule has 5 heteroatoms. The summed E-state index contributed by atoms with van der Waals surface area (Å²) in [6.45, 7) is 12.3. The second-order valence-electron chi connectivity index (χ2n) is 5.75. The van der Waals surface area contributed by atoms with Gasteiger partial charge in [-0.15, -0.1) is 0 Å². The maximum atomic E-state index is 11.4. The first kappa shape index (κ1) is 19.7. The van der Waals surface area contributed by atoms with Gasteiger partial charge in [-0.05, 0) is 20.3 Å². The fourth-order valence-corrected chi connectivity index (χ4v) is 1.88. The summed E-state index contributed by atoms with van der Waals surface area (Å²) in [6.07, 6.45) is 4.92. The molecule has 0 saturated heterocycles. The van der Waals surface area contributed by atoms with Crippen molar-refractivity contribution in [1.29, 1.82) is 0 Å². The van der Waals surface area contributed by atoms with Gasteiger partial charge in [-0.3, -0.25) is 9.79 Å². The molecule has 0 aliphatic rings. The molecule has 3 N–H and O–H groups in total. The topological polar surface area (TPSA) is 65.5 Å². The van der Waals surface area contributed by atoms with Crippen molar-refractivity contribution < 1.29 is 4.79 Å². The SMILES string of the molecule is CCCCCC(C)NC(=NCCNC(=O)C(C)C)NCC. The van der Waals surface area contributed by atoms with E-state index in [-0.39, 0.29) is 11.8 Å². The number of hydrogen-bond acceptors (Lipinski definition) is 2. The van der Waals surface area contributed by atoms with Gasteiger partial charge in [0.15, 0.2) is 5.96 Å². The first-order chi connectivity index (χ1) is 10.0. The zero-order valence-corrected chi connectivity index (χ0v) is 14.5. The molecule has 0 aromatic heterocycles. The molecule has 0 aliphatic carbocycles. The molecule has 0 heterocycles. The average molecular weight is 298 g/mol. The Hall–Kier alpha value is -1.26. The van der Waals surface area contributed by atoms with E-state index in [1.54, 1.807) is 0 Å². The zero-order chi connectivity index (χ0) is 16.1. The van der Waals surface area contributed by atoms with Gasteiger partial charge in [0.1, 0.15) is 0 Å². The molecule has 0 aromatic carbocycles. The number of aliphatic imine (C=N–C) groups is 1. The van der Waals surface area contributed by atoms with E-state index in [2.05, 4.69) is 41.7 Å². The third-order valence-corrected chi connectivity index (χ3v) is 3.17. The lowest BCUT2D eigenvalue weighted by atomic mass is 10.1. The van der Waals surface area contributed by atoms with Crippen LogP contribution in [0.1, 0.15) is 60.3 Å². The van der Waals surface area contributed by atoms with E-state index in [0.29, 0.717) is 19.1 Å². The Balaban J connectivity index is 4.08. The molecule has 1 amide bonds. The fourth-order valence-electron chi connectivity index (χ4n) is 1.88. The Kier molecular flexibility index (Phi) is 11.7. The highest BCUT2D eigenvalue weighted by molar-refractivity contribution is 5.80. The van der Waals surface area contributed by atoms with Crippen LogP contribution in [0.5, 0.6) is 0 Å². The number of amides is 1. The van der Waals surface area contributed by atoms with Crippen molar-refractivity contribution >= 4 is 11.9 Å². The van der Waals surface area contributed by atoms with Crippen LogP contribution >= 0.6 is 0 Å². The first-order valence-corrected chi connectivity index (χ1v) is 8.33. The van der Waals surface area contributed by atoms with E-state index in [1.807, 2.05) is 13.8 Å². The molecule has 124 valence electrons. The molecule has 0 fully saturated rings. The Morgan fingerprint density at radius 2 is 1.81 bits per heavy atom. The van der Waals surface area contributed by atoms with Gasteiger partial charge in [-0.25, -0.2) is 0 Å². The lowest BCUT2D eigenvalue weighted by Crippen LogP contribution is -2.42. The van der Waals surface area contributed by atoms with E-state index in [1.165, 1.54) is 19.3 Å². The Labute approximate surface area is 130 Å². The van der Waals surface area contributed by atoms with Gasteiger partial charge in [0.2, 0.25) is 5.91 Å². The summed E-state index contributed by atoms with van der Waals surface area (Å²) in [5.74, 6) is 0.940. The van der Waals surface area contributed by atoms with Crippen LogP contribution in [-0.4, -0.2) is 37.5 Å². The van der Waals surface area contributed by atoms with Crippen LogP contribution in [0.3, 0.4) is 0 Å². The van der Waals surface area contributed by atoms with Crippen LogP contribution in [0.2, 0.25) is 0 Å². The molecule has 0 saturated carbocycles. The maximum absolute atomic E-state index is 11.4. The van der Waals surface area contributed by atoms with E-state index in [9.17, 15) is 4.79 Å². The third kappa shape index (κ3) is 11.1. The fraction of sp³-hybridized carbons (Fsp3) is 0.875. The van der Waals surface area contributed by atoms with Crippen molar-refractivity contribution in [3.05, 3.63) is 0 Å². The summed E-state index contributed by atoms with van der Waals surface area (Å²) in [7, 11) is 0. The monoisotopic (exact) mass is 298 g/mol. The van der Waals surface area contributed by atoms with Gasteiger partial charge in [0.25, 0.3) is 0 Å². The van der Waals surface area contributed by atoms with E-state index in [4.69, 9.17) is 0 Å². The van der Waals surface area contributed by atoms with Gasteiger partial charge in [0, 0.05) is 25.0 Å². The second-order valence-corrected chi connectivity index (χ2v) is 5.75. The van der Waals surface area contributed by atoms with Crippen LogP contribution in [0.25, 0.3) is 0 Å². The molecule has 5 nitrogen and oxygen atoms in total. The van der Waals surface area contributed by atoms with Crippen LogP contribution in [0, 0.1) is 5.92 Å². The Bertz CT molecular complexity index is 303. The van der Waals surface area contributed by atoms with Crippen LogP contribution < -0.4 is 16.0 Å². The number of guanidine groups is 1. The standard InChI is InChI=1S/C16H34N4O/c1-6-8-9-10-14(5)20-16(17-7-2)19-12-11-18-15(21)13(3)4/h13-14H,6-12H2,1-5H3,(H,18,21)(H2,17,19,20). The van der Waals surface area contributed by atoms with Crippen molar-refractivity contribution in [2.45, 2.75) is 66.3 Å². The number of hydrogen-bond donors (Lipinski definition) is 3. The van der Waals surface area contributed by atoms with E-state index < -0.39 is 0 Å². The molecular weight excluding hydrogens is 264 g/mol. The highest BCUT2D eigenvalue weighted by atomic mass is 16.1. The predicted molar refractivity (Wildman–Crippen MR) is 90.6 cm³/mol. The second kappa shape index (κ2) is 12.5. The number of nitrogens with one attached hydrogen (secondary N) is 3. The summed E-state index contributed by atoms with van der Waals surface area (Å²) < 4.78 is 0. The quantitative estimate of drug-likeness (QED) is 0.329. The molecular formula is C16H34N4O. The minimum Gasteiger partial charge on any atom is -0.357 e. The number of carbonyl (C=O) groups is 1. The van der Waals surface area contributed by atoms with Gasteiger partial charge in [-0.2, -0.15) is 0 Å². The summed E-state index contributed by atoms with van der Waals surface area (Å²) in [5, 5.41) is 9.53. The highest BCUT2D eigenvalue weighted by Crippen LogP contribution is 2.02. The Morgan fingerprint density at radius 3 is 2.38 bits per heavy atom. The van der Waals surface area contributed by atoms with Gasteiger partial charge in [-0.1, -0.05) is 40.0 Å². The van der Waals surface area contributed by atoms with E-state index in [0.717, 1.165) is 18.9 Å². The smallest absolute Gasteiger partial charge is 0.222 e. The normalized spacial score (nSPS) is 13.1. The molecule has 0 radical (unpaired) electrons. The maximum Gasteiger partial charge on any atom is 0.222 e. The molecule has 21 heavy (non-hydrogen) atoms. The first-order valence-electron chi connectivity index (χ1n) is 8.33. The number of unbranched alkanes of at least 4 members (excludes halogenated alkanes) is 2. The average Bonchev–Trinajstić information content (AvgIpc) is 2.43. The van der Waals surface area contributed by atoms with Gasteiger partial charge >= 0.3 is 0 Å². The molecule has 0 bridgehead atoms. The molecule has 0 rings (SSSR count). The van der Waals surface area contributed by atoms with Crippen LogP contribution in [0.4, 0.5) is 0 Å². The molecule has 1 unspecified atom stereocenters. The lowest BCUT2D eigenvalue weighted by Gasteiger charge is -2.17. The molecule has 1 atom stereocenters. The third-order valence-electron chi connectivity index (χ3n) is 3.17. The van der Waals surface area contributed by atoms with Crippen LogP contribution in [-0.2, 0) is 4.79 Å². The molecule has 0 aliphatic heterocycles. The molecule has 0 aromatic rings. The predicted octanol–water partition coefficient (Wildman–Crippen LogP) is 2.28. The van der Waals surface area contributed by atoms with Gasteiger partial charge < -0.3 is 16.0 Å². The van der Waals surface area contributed by atoms with Crippen molar-refractivity contribution in [2.24, 2.45) is 10.9 Å². The van der Waals surface area contributed by atoms with Crippen molar-refractivity contribution in [3.63, 3.8) is 0 Å². The number of rotatable bonds is 10. The minimum atomic E-state index is 0.0268. The Morgan fingerprint density at radius 1 is 1.10 bits per heavy atom. The minimum absolute atomic E-state index is 0.0268. The largest absolute Gasteiger partial charge is 0.357 e. The summed E-state index contributed by atoms with van der Waals surface area (Å²) >= 11 is 0. The highest BCUT2D eigenvalue weighted by Gasteiger charge is 2.06. The molecule has 0 spiro atoms. The van der Waals surface area contributed by atoms with Gasteiger partial charge in [0.05, 0.1) is 6.54 Å². The van der Waals surface area contributed by atoms with Crippen LogP contribution in [0.15, 0.2) is 4.99 Å². The number of carbonyl (C=O) groups excluding carboxylic acids is 1. The van der Waals surface area contributed by atoms with Crippen molar-refractivity contribution in [3.8, 4) is 0 Å². The van der Waals surface area contributed by atoms with E-state index >= 15 is 0 Å². The summed E-state index contributed by atoms with van der Waals surface area (Å²) in [4.78, 5) is 15.9. The van der Waals surface area contributed by atoms with Crippen molar-refractivity contribution in [2.75, 3.05) is 19.6 Å². The summed E-state index contributed by atoms with van der Waals surface area (Å²) in [6, 6.07) is 0.416. The van der Waals surface area contributed by atoms with Crippen molar-refractivity contribution in [1.82, 2.24) is 16.0 Å². The lowest BCUT2D eigenvalue weighted by molar-refractivity contribution is -0.123.